The summed E-state index contributed by atoms with van der Waals surface area (Å²) in [6, 6.07) is 1.14. The third-order valence-electron chi connectivity index (χ3n) is 2.11. The van der Waals surface area contributed by atoms with Gasteiger partial charge in [-0.15, -0.1) is 0 Å². The summed E-state index contributed by atoms with van der Waals surface area (Å²) in [4.78, 5) is 3.58. The molecule has 1 N–H and O–H groups in total. The van der Waals surface area contributed by atoms with Gasteiger partial charge >= 0.3 is 0 Å². The summed E-state index contributed by atoms with van der Waals surface area (Å²) in [5.74, 6) is -0.651. The van der Waals surface area contributed by atoms with E-state index in [4.69, 9.17) is 23.2 Å². The van der Waals surface area contributed by atoms with Crippen LogP contribution in [0.25, 0.3) is 0 Å². The Bertz CT molecular complexity index is 365. The molecule has 0 saturated heterocycles. The van der Waals surface area contributed by atoms with Crippen LogP contribution in [-0.2, 0) is 5.60 Å². The number of hydrogen-bond acceptors (Lipinski definition) is 2. The molecule has 1 saturated carbocycles. The Hall–Kier alpha value is -0.380. The Morgan fingerprint density at radius 2 is 2.00 bits per heavy atom. The fourth-order valence-corrected chi connectivity index (χ4v) is 1.66. The molecular formula is C8H6Cl2FNO. The zero-order valence-corrected chi connectivity index (χ0v) is 8.03. The molecule has 0 amide bonds. The molecule has 0 atom stereocenters. The van der Waals surface area contributed by atoms with Crippen molar-refractivity contribution in [1.29, 1.82) is 0 Å². The maximum atomic E-state index is 13.0. The summed E-state index contributed by atoms with van der Waals surface area (Å²) in [5, 5.41) is 9.47. The van der Waals surface area contributed by atoms with Crippen LogP contribution in [0.2, 0.25) is 10.3 Å². The molecule has 1 aromatic rings. The Labute approximate surface area is 84.3 Å². The van der Waals surface area contributed by atoms with E-state index < -0.39 is 11.4 Å². The minimum absolute atomic E-state index is 0.0754. The van der Waals surface area contributed by atoms with Crippen molar-refractivity contribution >= 4 is 23.2 Å². The topological polar surface area (TPSA) is 33.1 Å². The molecule has 0 unspecified atom stereocenters. The van der Waals surface area contributed by atoms with Crippen molar-refractivity contribution in [2.45, 2.75) is 18.4 Å². The van der Waals surface area contributed by atoms with Gasteiger partial charge in [0.1, 0.15) is 5.15 Å². The van der Waals surface area contributed by atoms with Gasteiger partial charge in [-0.25, -0.2) is 9.37 Å². The molecule has 5 heteroatoms. The Kier molecular flexibility index (Phi) is 1.98. The smallest absolute Gasteiger partial charge is 0.166 e. The van der Waals surface area contributed by atoms with Gasteiger partial charge in [-0.2, -0.15) is 0 Å². The molecule has 1 heterocycles. The molecule has 13 heavy (non-hydrogen) atoms. The van der Waals surface area contributed by atoms with Crippen LogP contribution < -0.4 is 0 Å². The van der Waals surface area contributed by atoms with E-state index in [2.05, 4.69) is 4.98 Å². The predicted molar refractivity (Wildman–Crippen MR) is 47.3 cm³/mol. The molecule has 1 aromatic heterocycles. The average molecular weight is 222 g/mol. The first kappa shape index (κ1) is 9.19. The number of pyridine rings is 1. The third kappa shape index (κ3) is 1.52. The van der Waals surface area contributed by atoms with E-state index in [0.717, 1.165) is 6.07 Å². The molecule has 1 aliphatic carbocycles. The van der Waals surface area contributed by atoms with Crippen molar-refractivity contribution in [1.82, 2.24) is 4.98 Å². The van der Waals surface area contributed by atoms with Crippen molar-refractivity contribution in [2.75, 3.05) is 0 Å². The zero-order valence-electron chi connectivity index (χ0n) is 6.52. The van der Waals surface area contributed by atoms with E-state index in [9.17, 15) is 9.50 Å². The maximum absolute atomic E-state index is 13.0. The second-order valence-corrected chi connectivity index (χ2v) is 3.85. The minimum atomic E-state index is -0.977. The highest BCUT2D eigenvalue weighted by Crippen LogP contribution is 2.47. The van der Waals surface area contributed by atoms with Gasteiger partial charge in [0.25, 0.3) is 0 Å². The molecule has 2 rings (SSSR count). The minimum Gasteiger partial charge on any atom is -0.385 e. The Balaban J connectivity index is 2.52. The number of halogens is 3. The van der Waals surface area contributed by atoms with Crippen molar-refractivity contribution in [3.63, 3.8) is 0 Å². The number of aliphatic hydroxyl groups is 1. The molecular weight excluding hydrogens is 216 g/mol. The van der Waals surface area contributed by atoms with E-state index in [-0.39, 0.29) is 10.3 Å². The fourth-order valence-electron chi connectivity index (χ4n) is 1.16. The van der Waals surface area contributed by atoms with Gasteiger partial charge in [-0.1, -0.05) is 23.2 Å². The highest BCUT2D eigenvalue weighted by atomic mass is 35.5. The van der Waals surface area contributed by atoms with Gasteiger partial charge in [0, 0.05) is 5.56 Å². The number of nitrogens with zero attached hydrogens (tertiary/aromatic N) is 1. The van der Waals surface area contributed by atoms with E-state index in [1.807, 2.05) is 0 Å². The van der Waals surface area contributed by atoms with Crippen LogP contribution in [0.3, 0.4) is 0 Å². The van der Waals surface area contributed by atoms with Crippen molar-refractivity contribution in [2.24, 2.45) is 0 Å². The average Bonchev–Trinajstić information content (AvgIpc) is 2.77. The van der Waals surface area contributed by atoms with Crippen LogP contribution in [0.15, 0.2) is 6.07 Å². The molecule has 1 aliphatic rings. The molecule has 70 valence electrons. The molecule has 0 aliphatic heterocycles. The SMILES string of the molecule is OC1(c2cc(F)c(Cl)nc2Cl)CC1. The lowest BCUT2D eigenvalue weighted by Gasteiger charge is -2.09. The fraction of sp³-hybridized carbons (Fsp3) is 0.375. The van der Waals surface area contributed by atoms with Crippen LogP contribution in [0.1, 0.15) is 18.4 Å². The van der Waals surface area contributed by atoms with Gasteiger partial charge in [0.15, 0.2) is 11.0 Å². The lowest BCUT2D eigenvalue weighted by molar-refractivity contribution is 0.150. The van der Waals surface area contributed by atoms with Crippen molar-refractivity contribution in [3.8, 4) is 0 Å². The Morgan fingerprint density at radius 1 is 1.38 bits per heavy atom. The van der Waals surface area contributed by atoms with Gasteiger partial charge < -0.3 is 5.11 Å². The van der Waals surface area contributed by atoms with Crippen LogP contribution in [-0.4, -0.2) is 10.1 Å². The van der Waals surface area contributed by atoms with Gasteiger partial charge in [0.2, 0.25) is 0 Å². The lowest BCUT2D eigenvalue weighted by Crippen LogP contribution is -2.07. The van der Waals surface area contributed by atoms with Gasteiger partial charge in [-0.3, -0.25) is 0 Å². The lowest BCUT2D eigenvalue weighted by atomic mass is 10.1. The largest absolute Gasteiger partial charge is 0.385 e. The molecule has 2 nitrogen and oxygen atoms in total. The zero-order chi connectivity index (χ0) is 9.64. The first-order valence-electron chi connectivity index (χ1n) is 3.77. The van der Waals surface area contributed by atoms with E-state index in [0.29, 0.717) is 18.4 Å². The first-order chi connectivity index (χ1) is 6.03. The summed E-state index contributed by atoms with van der Waals surface area (Å²) in [6.07, 6.45) is 1.19. The second kappa shape index (κ2) is 2.80. The van der Waals surface area contributed by atoms with Crippen LogP contribution in [0, 0.1) is 5.82 Å². The van der Waals surface area contributed by atoms with Gasteiger partial charge in [0.05, 0.1) is 5.60 Å². The standard InChI is InChI=1S/C8H6Cl2FNO/c9-6-4(8(13)1-2-8)3-5(11)7(10)12-6/h3,13H,1-2H2. The monoisotopic (exact) mass is 221 g/mol. The summed E-state index contributed by atoms with van der Waals surface area (Å²) < 4.78 is 13.0. The van der Waals surface area contributed by atoms with E-state index >= 15 is 0 Å². The summed E-state index contributed by atoms with van der Waals surface area (Å²) in [5.41, 5.74) is -0.647. The van der Waals surface area contributed by atoms with Crippen LogP contribution in [0.4, 0.5) is 4.39 Å². The summed E-state index contributed by atoms with van der Waals surface area (Å²) >= 11 is 11.1. The molecule has 0 bridgehead atoms. The number of aromatic nitrogens is 1. The first-order valence-corrected chi connectivity index (χ1v) is 4.53. The van der Waals surface area contributed by atoms with E-state index in [1.54, 1.807) is 0 Å². The summed E-state index contributed by atoms with van der Waals surface area (Å²) in [7, 11) is 0. The number of rotatable bonds is 1. The van der Waals surface area contributed by atoms with E-state index in [1.165, 1.54) is 0 Å². The summed E-state index contributed by atoms with van der Waals surface area (Å²) in [6.45, 7) is 0. The normalized spacial score (nSPS) is 18.8. The van der Waals surface area contributed by atoms with Gasteiger partial charge in [-0.05, 0) is 18.9 Å². The van der Waals surface area contributed by atoms with Crippen molar-refractivity contribution in [3.05, 3.63) is 27.8 Å². The Morgan fingerprint density at radius 3 is 2.54 bits per heavy atom. The second-order valence-electron chi connectivity index (χ2n) is 3.13. The highest BCUT2D eigenvalue weighted by molar-refractivity contribution is 6.33. The van der Waals surface area contributed by atoms with Crippen LogP contribution in [0.5, 0.6) is 0 Å². The van der Waals surface area contributed by atoms with Crippen molar-refractivity contribution < 1.29 is 9.50 Å². The molecule has 0 radical (unpaired) electrons. The predicted octanol–water partition coefficient (Wildman–Crippen LogP) is 2.51. The number of hydrogen-bond donors (Lipinski definition) is 1. The quantitative estimate of drug-likeness (QED) is 0.740. The third-order valence-corrected chi connectivity index (χ3v) is 2.66. The molecule has 0 spiro atoms. The highest BCUT2D eigenvalue weighted by Gasteiger charge is 2.44. The molecule has 1 fully saturated rings. The van der Waals surface area contributed by atoms with Crippen LogP contribution >= 0.6 is 23.2 Å². The molecule has 0 aromatic carbocycles. The maximum Gasteiger partial charge on any atom is 0.166 e.